The molecule has 2 N–H and O–H groups in total. The van der Waals surface area contributed by atoms with E-state index in [2.05, 4.69) is 26.1 Å². The van der Waals surface area contributed by atoms with Crippen molar-refractivity contribution >= 4 is 5.91 Å². The Hall–Kier alpha value is -1.79. The summed E-state index contributed by atoms with van der Waals surface area (Å²) in [6.45, 7) is 8.76. The number of likely N-dealkylation sites (tertiary alicyclic amines) is 1. The van der Waals surface area contributed by atoms with Crippen molar-refractivity contribution < 1.29 is 19.4 Å². The third-order valence-electron chi connectivity index (χ3n) is 4.55. The normalized spacial score (nSPS) is 23.2. The first-order valence-electron chi connectivity index (χ1n) is 8.88. The van der Waals surface area contributed by atoms with Crippen LogP contribution >= 0.6 is 0 Å². The number of fused-ring (bicyclic) bond motifs is 1. The molecule has 1 atom stereocenters. The van der Waals surface area contributed by atoms with Crippen LogP contribution in [-0.2, 0) is 11.3 Å². The zero-order chi connectivity index (χ0) is 18.1. The van der Waals surface area contributed by atoms with Gasteiger partial charge in [-0.25, -0.2) is 0 Å². The molecule has 0 aromatic heterocycles. The van der Waals surface area contributed by atoms with E-state index in [9.17, 15) is 9.90 Å². The highest BCUT2D eigenvalue weighted by atomic mass is 16.7. The molecule has 1 aromatic carbocycles. The first kappa shape index (κ1) is 18.0. The molecule has 25 heavy (non-hydrogen) atoms. The maximum atomic E-state index is 12.7. The van der Waals surface area contributed by atoms with Crippen molar-refractivity contribution in [3.05, 3.63) is 23.8 Å². The van der Waals surface area contributed by atoms with Gasteiger partial charge in [-0.3, -0.25) is 4.79 Å². The molecule has 1 amide bonds. The van der Waals surface area contributed by atoms with E-state index >= 15 is 0 Å². The minimum atomic E-state index is -1.32. The second-order valence-corrected chi connectivity index (χ2v) is 8.21. The van der Waals surface area contributed by atoms with E-state index in [4.69, 9.17) is 9.47 Å². The minimum Gasteiger partial charge on any atom is -0.454 e. The number of hydrogen-bond donors (Lipinski definition) is 2. The van der Waals surface area contributed by atoms with E-state index in [-0.39, 0.29) is 24.7 Å². The first-order valence-corrected chi connectivity index (χ1v) is 8.88. The number of amides is 1. The van der Waals surface area contributed by atoms with Gasteiger partial charge in [0.15, 0.2) is 17.1 Å². The summed E-state index contributed by atoms with van der Waals surface area (Å²) in [4.78, 5) is 14.5. The summed E-state index contributed by atoms with van der Waals surface area (Å²) >= 11 is 0. The number of hydrogen-bond acceptors (Lipinski definition) is 5. The molecule has 0 bridgehead atoms. The average molecular weight is 348 g/mol. The van der Waals surface area contributed by atoms with Gasteiger partial charge in [0.25, 0.3) is 5.91 Å². The van der Waals surface area contributed by atoms with Crippen LogP contribution in [0.25, 0.3) is 0 Å². The summed E-state index contributed by atoms with van der Waals surface area (Å²) in [5.74, 6) is 1.33. The van der Waals surface area contributed by atoms with E-state index in [0.717, 1.165) is 30.0 Å². The predicted octanol–water partition coefficient (Wildman–Crippen LogP) is 1.90. The van der Waals surface area contributed by atoms with E-state index in [1.54, 1.807) is 4.90 Å². The summed E-state index contributed by atoms with van der Waals surface area (Å²) in [5, 5.41) is 14.1. The van der Waals surface area contributed by atoms with E-state index in [1.807, 2.05) is 18.2 Å². The number of carbonyl (C=O) groups excluding carboxylic acids is 1. The van der Waals surface area contributed by atoms with Crippen LogP contribution in [0.3, 0.4) is 0 Å². The molecule has 3 rings (SSSR count). The van der Waals surface area contributed by atoms with Crippen LogP contribution < -0.4 is 14.8 Å². The van der Waals surface area contributed by atoms with Crippen molar-refractivity contribution in [2.45, 2.75) is 45.8 Å². The minimum absolute atomic E-state index is 0.0217. The molecule has 6 nitrogen and oxygen atoms in total. The number of rotatable bonds is 5. The summed E-state index contributed by atoms with van der Waals surface area (Å²) in [6.07, 6.45) is 1.32. The van der Waals surface area contributed by atoms with Gasteiger partial charge in [-0.05, 0) is 36.0 Å². The van der Waals surface area contributed by atoms with Crippen LogP contribution in [0.5, 0.6) is 11.5 Å². The lowest BCUT2D eigenvalue weighted by Crippen LogP contribution is -2.59. The SMILES string of the molecule is CC(C)(C)CN1CCCC(O)(CNCc2ccc3c(c2)OCO3)C1=O. The molecule has 0 radical (unpaired) electrons. The van der Waals surface area contributed by atoms with Gasteiger partial charge in [0, 0.05) is 26.2 Å². The molecule has 1 aromatic rings. The summed E-state index contributed by atoms with van der Waals surface area (Å²) in [7, 11) is 0. The summed E-state index contributed by atoms with van der Waals surface area (Å²) < 4.78 is 10.7. The molecule has 0 saturated carbocycles. The average Bonchev–Trinajstić information content (AvgIpc) is 2.98. The fourth-order valence-corrected chi connectivity index (χ4v) is 3.42. The highest BCUT2D eigenvalue weighted by molar-refractivity contribution is 5.86. The van der Waals surface area contributed by atoms with Crippen LogP contribution in [0.15, 0.2) is 18.2 Å². The lowest BCUT2D eigenvalue weighted by atomic mass is 9.88. The van der Waals surface area contributed by atoms with Crippen LogP contribution in [0, 0.1) is 5.41 Å². The maximum Gasteiger partial charge on any atom is 0.255 e. The van der Waals surface area contributed by atoms with Crippen LogP contribution in [0.1, 0.15) is 39.2 Å². The Bertz CT molecular complexity index is 641. The second kappa shape index (κ2) is 6.84. The molecular weight excluding hydrogens is 320 g/mol. The number of ether oxygens (including phenoxy) is 2. The molecule has 138 valence electrons. The standard InChI is InChI=1S/C19H28N2O4/c1-18(2,3)12-21-8-4-7-19(23,17(21)22)11-20-10-14-5-6-15-16(9-14)25-13-24-15/h5-6,9,20,23H,4,7-8,10-13H2,1-3H3. The van der Waals surface area contributed by atoms with E-state index < -0.39 is 5.60 Å². The molecule has 6 heteroatoms. The molecule has 0 aliphatic carbocycles. The molecular formula is C19H28N2O4. The highest BCUT2D eigenvalue weighted by Gasteiger charge is 2.42. The second-order valence-electron chi connectivity index (χ2n) is 8.21. The molecule has 0 spiro atoms. The van der Waals surface area contributed by atoms with Crippen molar-refractivity contribution in [2.24, 2.45) is 5.41 Å². The predicted molar refractivity (Wildman–Crippen MR) is 94.5 cm³/mol. The Morgan fingerprint density at radius 3 is 2.80 bits per heavy atom. The summed E-state index contributed by atoms with van der Waals surface area (Å²) in [6, 6.07) is 5.76. The number of nitrogens with one attached hydrogen (secondary N) is 1. The smallest absolute Gasteiger partial charge is 0.255 e. The Morgan fingerprint density at radius 2 is 2.04 bits per heavy atom. The van der Waals surface area contributed by atoms with Gasteiger partial charge in [-0.15, -0.1) is 0 Å². The Kier molecular flexibility index (Phi) is 4.93. The Morgan fingerprint density at radius 1 is 1.28 bits per heavy atom. The monoisotopic (exact) mass is 348 g/mol. The molecule has 1 unspecified atom stereocenters. The zero-order valence-corrected chi connectivity index (χ0v) is 15.3. The largest absolute Gasteiger partial charge is 0.454 e. The maximum absolute atomic E-state index is 12.7. The Balaban J connectivity index is 1.57. The van der Waals surface area contributed by atoms with Gasteiger partial charge in [-0.2, -0.15) is 0 Å². The van der Waals surface area contributed by atoms with Crippen molar-refractivity contribution in [1.82, 2.24) is 10.2 Å². The fourth-order valence-electron chi connectivity index (χ4n) is 3.42. The highest BCUT2D eigenvalue weighted by Crippen LogP contribution is 2.32. The molecule has 2 aliphatic heterocycles. The van der Waals surface area contributed by atoms with Crippen molar-refractivity contribution in [2.75, 3.05) is 26.4 Å². The van der Waals surface area contributed by atoms with Crippen LogP contribution in [-0.4, -0.2) is 47.9 Å². The number of carbonyl (C=O) groups is 1. The number of nitrogens with zero attached hydrogens (tertiary/aromatic N) is 1. The lowest BCUT2D eigenvalue weighted by Gasteiger charge is -2.41. The lowest BCUT2D eigenvalue weighted by molar-refractivity contribution is -0.158. The molecule has 1 fully saturated rings. The first-order chi connectivity index (χ1) is 11.8. The van der Waals surface area contributed by atoms with Crippen LogP contribution in [0.2, 0.25) is 0 Å². The van der Waals surface area contributed by atoms with Crippen LogP contribution in [0.4, 0.5) is 0 Å². The van der Waals surface area contributed by atoms with Gasteiger partial charge in [0.2, 0.25) is 6.79 Å². The van der Waals surface area contributed by atoms with Crippen molar-refractivity contribution in [1.29, 1.82) is 0 Å². The fraction of sp³-hybridized carbons (Fsp3) is 0.632. The van der Waals surface area contributed by atoms with Crippen molar-refractivity contribution in [3.8, 4) is 11.5 Å². The molecule has 2 heterocycles. The van der Waals surface area contributed by atoms with E-state index in [1.165, 1.54) is 0 Å². The number of aliphatic hydroxyl groups is 1. The van der Waals surface area contributed by atoms with Gasteiger partial charge in [-0.1, -0.05) is 26.8 Å². The van der Waals surface area contributed by atoms with Gasteiger partial charge < -0.3 is 24.8 Å². The zero-order valence-electron chi connectivity index (χ0n) is 15.3. The van der Waals surface area contributed by atoms with Crippen molar-refractivity contribution in [3.63, 3.8) is 0 Å². The summed E-state index contributed by atoms with van der Waals surface area (Å²) in [5.41, 5.74) is -0.268. The van der Waals surface area contributed by atoms with Gasteiger partial charge in [0.1, 0.15) is 0 Å². The number of benzene rings is 1. The Labute approximate surface area is 149 Å². The van der Waals surface area contributed by atoms with E-state index in [0.29, 0.717) is 19.5 Å². The third kappa shape index (κ3) is 4.25. The number of piperidine rings is 1. The molecule has 2 aliphatic rings. The van der Waals surface area contributed by atoms with Gasteiger partial charge >= 0.3 is 0 Å². The quantitative estimate of drug-likeness (QED) is 0.850. The van der Waals surface area contributed by atoms with Gasteiger partial charge in [0.05, 0.1) is 0 Å². The third-order valence-corrected chi connectivity index (χ3v) is 4.55. The topological polar surface area (TPSA) is 71.0 Å². The molecule has 1 saturated heterocycles.